The van der Waals surface area contributed by atoms with Gasteiger partial charge in [-0.1, -0.05) is 47.3 Å². The summed E-state index contributed by atoms with van der Waals surface area (Å²) < 4.78 is 20.6. The van der Waals surface area contributed by atoms with Crippen molar-refractivity contribution in [2.24, 2.45) is 15.8 Å². The molecule has 0 bridgehead atoms. The summed E-state index contributed by atoms with van der Waals surface area (Å²) in [7, 11) is 0. The van der Waals surface area contributed by atoms with Gasteiger partial charge in [-0.25, -0.2) is 4.39 Å². The summed E-state index contributed by atoms with van der Waals surface area (Å²) in [4.78, 5) is 29.8. The van der Waals surface area contributed by atoms with Crippen LogP contribution in [0.25, 0.3) is 5.70 Å². The lowest BCUT2D eigenvalue weighted by molar-refractivity contribution is -0.134. The molecule has 3 N–H and O–H groups in total. The molecule has 0 aliphatic heterocycles. The van der Waals surface area contributed by atoms with Crippen molar-refractivity contribution < 1.29 is 18.7 Å². The highest BCUT2D eigenvalue weighted by molar-refractivity contribution is 6.13. The number of nitrogens with one attached hydrogen (secondary N) is 3. The predicted molar refractivity (Wildman–Crippen MR) is 164 cm³/mol. The second-order valence-corrected chi connectivity index (χ2v) is 10.6. The number of halogens is 1. The lowest BCUT2D eigenvalue weighted by Gasteiger charge is -2.21. The molecule has 2 aromatic rings. The molecule has 7 nitrogen and oxygen atoms in total. The molecule has 2 amide bonds. The highest BCUT2D eigenvalue weighted by atomic mass is 19.1. The number of amides is 2. The first-order valence-electron chi connectivity index (χ1n) is 13.7. The molecule has 216 valence electrons. The first kappa shape index (κ1) is 32.3. The minimum Gasteiger partial charge on any atom is -0.493 e. The Hall–Kier alpha value is -3.94. The highest BCUT2D eigenvalue weighted by Crippen LogP contribution is 2.47. The largest absolute Gasteiger partial charge is 0.493 e. The van der Waals surface area contributed by atoms with Crippen LogP contribution in [0.15, 0.2) is 60.6 Å². The van der Waals surface area contributed by atoms with Crippen LogP contribution in [0.2, 0.25) is 0 Å². The third-order valence-corrected chi connectivity index (χ3v) is 6.04. The number of rotatable bonds is 12. The number of aliphatic imine (C=N–C) groups is 1. The van der Waals surface area contributed by atoms with Gasteiger partial charge >= 0.3 is 0 Å². The predicted octanol–water partition coefficient (Wildman–Crippen LogP) is 7.49. The van der Waals surface area contributed by atoms with Gasteiger partial charge in [-0.05, 0) is 55.9 Å². The van der Waals surface area contributed by atoms with Gasteiger partial charge in [-0.2, -0.15) is 0 Å². The van der Waals surface area contributed by atoms with Crippen molar-refractivity contribution in [1.29, 1.82) is 0 Å². The van der Waals surface area contributed by atoms with Crippen molar-refractivity contribution in [1.82, 2.24) is 5.32 Å². The zero-order valence-electron chi connectivity index (χ0n) is 24.6. The summed E-state index contributed by atoms with van der Waals surface area (Å²) in [6, 6.07) is 9.90. The molecule has 0 heterocycles. The number of ether oxygens (including phenoxy) is 1. The van der Waals surface area contributed by atoms with Gasteiger partial charge in [0.05, 0.1) is 17.9 Å². The van der Waals surface area contributed by atoms with E-state index in [1.807, 2.05) is 34.6 Å². The van der Waals surface area contributed by atoms with E-state index in [4.69, 9.17) is 4.74 Å². The number of carbonyl (C=O) groups is 2. The van der Waals surface area contributed by atoms with Gasteiger partial charge in [0.1, 0.15) is 17.0 Å². The number of anilines is 2. The normalized spacial score (nSPS) is 13.5. The molecule has 0 aromatic heterocycles. The fourth-order valence-electron chi connectivity index (χ4n) is 3.77. The van der Waals surface area contributed by atoms with Crippen molar-refractivity contribution >= 4 is 40.8 Å². The fraction of sp³-hybridized carbons (Fsp3) is 0.406. The molecule has 1 aliphatic rings. The second-order valence-electron chi connectivity index (χ2n) is 10.6. The highest BCUT2D eigenvalue weighted by Gasteiger charge is 2.56. The molecule has 2 aromatic carbocycles. The van der Waals surface area contributed by atoms with Gasteiger partial charge in [0.25, 0.3) is 0 Å². The first-order valence-corrected chi connectivity index (χ1v) is 13.7. The van der Waals surface area contributed by atoms with E-state index in [2.05, 4.69) is 34.1 Å². The maximum absolute atomic E-state index is 15.1. The van der Waals surface area contributed by atoms with Crippen LogP contribution in [0.4, 0.5) is 21.5 Å². The Balaban J connectivity index is 0.00000274. The quantitative estimate of drug-likeness (QED) is 0.110. The molecular formula is C32H43FN4O3. The van der Waals surface area contributed by atoms with Crippen LogP contribution >= 0.6 is 0 Å². The Morgan fingerprint density at radius 1 is 1.07 bits per heavy atom. The summed E-state index contributed by atoms with van der Waals surface area (Å²) in [5.74, 6) is -0.678. The molecule has 0 unspecified atom stereocenters. The summed E-state index contributed by atoms with van der Waals surface area (Å²) in [5.41, 5.74) is 1.08. The van der Waals surface area contributed by atoms with Crippen molar-refractivity contribution in [3.8, 4) is 5.75 Å². The topological polar surface area (TPSA) is 91.8 Å². The summed E-state index contributed by atoms with van der Waals surface area (Å²) in [5, 5.41) is 8.85. The Morgan fingerprint density at radius 2 is 1.68 bits per heavy atom. The number of benzene rings is 2. The molecular weight excluding hydrogens is 507 g/mol. The molecule has 1 saturated carbocycles. The van der Waals surface area contributed by atoms with Crippen molar-refractivity contribution in [3.05, 3.63) is 67.0 Å². The van der Waals surface area contributed by atoms with Crippen LogP contribution in [0.3, 0.4) is 0 Å². The minimum atomic E-state index is -1.01. The molecule has 0 atom stereocenters. The van der Waals surface area contributed by atoms with Crippen LogP contribution in [0, 0.1) is 16.6 Å². The molecule has 0 radical (unpaired) electrons. The Kier molecular flexibility index (Phi) is 11.7. The van der Waals surface area contributed by atoms with E-state index in [0.717, 1.165) is 0 Å². The van der Waals surface area contributed by atoms with Crippen LogP contribution in [-0.4, -0.2) is 31.2 Å². The standard InChI is InChI=1S/C30H37FN4O3.C2H6/c1-7-9-16-38-23-17-24(31)26(25(18-23)32-8-2)20(3)34-21-10-12-22(13-11-21)35-28(37)30(14-15-30)27(36)33-19-29(4,5)6;1-2/h7-8,10-13,17-18,34H,1,3,9,14-16,19H2,2,4-6H3,(H,33,36)(H,35,37);1-2H3. The van der Waals surface area contributed by atoms with Crippen LogP contribution in [-0.2, 0) is 9.59 Å². The van der Waals surface area contributed by atoms with Crippen LogP contribution < -0.4 is 20.7 Å². The molecule has 1 fully saturated rings. The first-order chi connectivity index (χ1) is 19.0. The maximum Gasteiger partial charge on any atom is 0.240 e. The number of hydrogen-bond donors (Lipinski definition) is 3. The zero-order chi connectivity index (χ0) is 29.9. The van der Waals surface area contributed by atoms with Crippen LogP contribution in [0.1, 0.15) is 66.4 Å². The van der Waals surface area contributed by atoms with E-state index in [0.29, 0.717) is 60.9 Å². The lowest BCUT2D eigenvalue weighted by atomic mass is 9.96. The van der Waals surface area contributed by atoms with Crippen molar-refractivity contribution in [2.75, 3.05) is 23.8 Å². The number of nitrogens with zero attached hydrogens (tertiary/aromatic N) is 1. The third kappa shape index (κ3) is 8.79. The molecule has 8 heteroatoms. The van der Waals surface area contributed by atoms with E-state index in [1.54, 1.807) is 49.5 Å². The fourth-order valence-corrected chi connectivity index (χ4v) is 3.77. The van der Waals surface area contributed by atoms with Crippen LogP contribution in [0.5, 0.6) is 5.75 Å². The van der Waals surface area contributed by atoms with E-state index in [1.165, 1.54) is 6.07 Å². The molecule has 40 heavy (non-hydrogen) atoms. The van der Waals surface area contributed by atoms with Gasteiger partial charge in [-0.3, -0.25) is 14.6 Å². The van der Waals surface area contributed by atoms with Crippen molar-refractivity contribution in [2.45, 2.75) is 60.8 Å². The van der Waals surface area contributed by atoms with E-state index in [9.17, 15) is 9.59 Å². The van der Waals surface area contributed by atoms with Crippen molar-refractivity contribution in [3.63, 3.8) is 0 Å². The summed E-state index contributed by atoms with van der Waals surface area (Å²) in [6.45, 7) is 20.4. The second kappa shape index (κ2) is 14.4. The average molecular weight is 551 g/mol. The Morgan fingerprint density at radius 3 is 2.20 bits per heavy atom. The monoisotopic (exact) mass is 550 g/mol. The van der Waals surface area contributed by atoms with E-state index < -0.39 is 11.2 Å². The summed E-state index contributed by atoms with van der Waals surface area (Å²) in [6.07, 6.45) is 5.01. The van der Waals surface area contributed by atoms with E-state index >= 15 is 4.39 Å². The third-order valence-electron chi connectivity index (χ3n) is 6.04. The van der Waals surface area contributed by atoms with Gasteiger partial charge in [0.15, 0.2) is 0 Å². The smallest absolute Gasteiger partial charge is 0.240 e. The Bertz CT molecular complexity index is 1230. The SMILES string of the molecule is C=CCCOc1cc(F)c(C(=C)Nc2ccc(NC(=O)C3(C(=O)NCC(C)(C)C)CC3)cc2)c(N=CC)c1.CC. The lowest BCUT2D eigenvalue weighted by Crippen LogP contribution is -2.42. The molecule has 1 aliphatic carbocycles. The number of hydrogen-bond acceptors (Lipinski definition) is 5. The zero-order valence-corrected chi connectivity index (χ0v) is 24.6. The Labute approximate surface area is 238 Å². The minimum absolute atomic E-state index is 0.0666. The van der Waals surface area contributed by atoms with Gasteiger partial charge in [0.2, 0.25) is 11.8 Å². The maximum atomic E-state index is 15.1. The molecule has 0 spiro atoms. The number of carbonyl (C=O) groups excluding carboxylic acids is 2. The average Bonchev–Trinajstić information content (AvgIpc) is 3.72. The van der Waals surface area contributed by atoms with E-state index in [-0.39, 0.29) is 22.8 Å². The molecule has 0 saturated heterocycles. The van der Waals surface area contributed by atoms with Gasteiger partial charge in [0, 0.05) is 42.0 Å². The summed E-state index contributed by atoms with van der Waals surface area (Å²) >= 11 is 0. The van der Waals surface area contributed by atoms with Gasteiger partial charge in [-0.15, -0.1) is 6.58 Å². The van der Waals surface area contributed by atoms with Gasteiger partial charge < -0.3 is 20.7 Å². The molecule has 3 rings (SSSR count).